The molecule has 2 fully saturated rings. The lowest BCUT2D eigenvalue weighted by Gasteiger charge is -2.44. The molecule has 12 heteroatoms. The predicted octanol–water partition coefficient (Wildman–Crippen LogP) is 7.23. The highest BCUT2D eigenvalue weighted by Gasteiger charge is 2.54. The number of aryl methyl sites for hydroxylation is 1. The first-order valence-corrected chi connectivity index (χ1v) is 23.4. The van der Waals surface area contributed by atoms with Gasteiger partial charge in [0.05, 0.1) is 34.3 Å². The fourth-order valence-electron chi connectivity index (χ4n) is 8.80. The molecule has 1 unspecified atom stereocenters. The minimum absolute atomic E-state index is 0.142. The predicted molar refractivity (Wildman–Crippen MR) is 233 cm³/mol. The zero-order chi connectivity index (χ0) is 41.2. The van der Waals surface area contributed by atoms with Crippen LogP contribution in [-0.2, 0) is 14.0 Å². The Kier molecular flexibility index (Phi) is 12.4. The van der Waals surface area contributed by atoms with E-state index in [1.54, 1.807) is 16.2 Å². The van der Waals surface area contributed by atoms with E-state index in [0.717, 1.165) is 32.1 Å². The molecule has 2 N–H and O–H groups in total. The third kappa shape index (κ3) is 8.43. The van der Waals surface area contributed by atoms with Crippen molar-refractivity contribution in [1.29, 1.82) is 0 Å². The molecule has 0 aliphatic carbocycles. The first-order valence-electron chi connectivity index (χ1n) is 20.6. The van der Waals surface area contributed by atoms with E-state index in [1.165, 1.54) is 0 Å². The quantitative estimate of drug-likeness (QED) is 0.127. The van der Waals surface area contributed by atoms with Crippen molar-refractivity contribution in [3.05, 3.63) is 114 Å². The van der Waals surface area contributed by atoms with E-state index in [1.807, 2.05) is 63.5 Å². The van der Waals surface area contributed by atoms with Crippen LogP contribution in [0.1, 0.15) is 89.8 Å². The number of nitrogens with one attached hydrogen (secondary N) is 1. The van der Waals surface area contributed by atoms with Gasteiger partial charge < -0.3 is 29.2 Å². The number of carbonyl (C=O) groups is 2. The van der Waals surface area contributed by atoms with Gasteiger partial charge in [-0.05, 0) is 59.1 Å². The number of benzene rings is 3. The van der Waals surface area contributed by atoms with Gasteiger partial charge in [0, 0.05) is 32.1 Å². The van der Waals surface area contributed by atoms with Gasteiger partial charge in [-0.3, -0.25) is 9.59 Å². The van der Waals surface area contributed by atoms with Crippen LogP contribution < -0.4 is 20.6 Å². The number of rotatable bonds is 12. The molecule has 3 aromatic carbocycles. The number of hydrogen-bond donors (Lipinski definition) is 2. The Morgan fingerprint density at radius 3 is 2.12 bits per heavy atom. The fourth-order valence-corrected chi connectivity index (χ4v) is 14.3. The monoisotopic (exact) mass is 819 g/mol. The Morgan fingerprint density at radius 1 is 0.948 bits per heavy atom. The first-order chi connectivity index (χ1) is 27.8. The molecule has 0 bridgehead atoms. The van der Waals surface area contributed by atoms with Crippen molar-refractivity contribution in [2.45, 2.75) is 103 Å². The van der Waals surface area contributed by atoms with Crippen LogP contribution in [0.15, 0.2) is 101 Å². The van der Waals surface area contributed by atoms with Crippen molar-refractivity contribution in [1.82, 2.24) is 20.4 Å². The van der Waals surface area contributed by atoms with Crippen molar-refractivity contribution < 1.29 is 23.6 Å². The zero-order valence-electron chi connectivity index (χ0n) is 34.7. The van der Waals surface area contributed by atoms with Crippen LogP contribution in [0.2, 0.25) is 5.04 Å². The summed E-state index contributed by atoms with van der Waals surface area (Å²) in [4.78, 5) is 39.1. The van der Waals surface area contributed by atoms with E-state index in [0.29, 0.717) is 43.9 Å². The molecule has 306 valence electrons. The van der Waals surface area contributed by atoms with Crippen molar-refractivity contribution in [3.8, 4) is 10.4 Å². The minimum atomic E-state index is -3.02. The molecule has 2 amide bonds. The van der Waals surface area contributed by atoms with Gasteiger partial charge in [-0.1, -0.05) is 125 Å². The summed E-state index contributed by atoms with van der Waals surface area (Å²) < 4.78 is 13.5. The second-order valence-electron chi connectivity index (χ2n) is 17.3. The maximum atomic E-state index is 15.1. The molecular weight excluding hydrogens is 763 g/mol. The number of thiazole rings is 1. The van der Waals surface area contributed by atoms with E-state index < -0.39 is 26.4 Å². The molecule has 4 atom stereocenters. The Bertz CT molecular complexity index is 2100. The summed E-state index contributed by atoms with van der Waals surface area (Å²) in [5.74, 6) is -0.0763. The highest BCUT2D eigenvalue weighted by atomic mass is 32.1. The van der Waals surface area contributed by atoms with Gasteiger partial charge in [0.15, 0.2) is 11.6 Å². The van der Waals surface area contributed by atoms with E-state index >= 15 is 4.79 Å². The lowest BCUT2D eigenvalue weighted by atomic mass is 9.91. The number of aliphatic hydroxyl groups is 1. The van der Waals surface area contributed by atoms with Gasteiger partial charge in [-0.15, -0.1) is 11.3 Å². The van der Waals surface area contributed by atoms with Crippen LogP contribution in [0.4, 0.5) is 5.82 Å². The molecule has 58 heavy (non-hydrogen) atoms. The van der Waals surface area contributed by atoms with Crippen LogP contribution in [0.25, 0.3) is 10.4 Å². The fraction of sp³-hybridized carbons (Fsp3) is 0.435. The number of anilines is 1. The molecule has 7 rings (SSSR count). The number of hydrogen-bond acceptors (Lipinski definition) is 9. The van der Waals surface area contributed by atoms with E-state index in [4.69, 9.17) is 8.95 Å². The largest absolute Gasteiger partial charge is 0.403 e. The molecule has 0 saturated carbocycles. The molecule has 2 aromatic heterocycles. The summed E-state index contributed by atoms with van der Waals surface area (Å²) in [6.07, 6.45) is 0.919. The van der Waals surface area contributed by atoms with Crippen LogP contribution in [-0.4, -0.2) is 78.2 Å². The van der Waals surface area contributed by atoms with Gasteiger partial charge in [-0.2, -0.15) is 0 Å². The number of nitrogens with zero attached hydrogens (tertiary/aromatic N) is 4. The number of aliphatic hydroxyl groups excluding tert-OH is 1. The smallest absolute Gasteiger partial charge is 0.261 e. The zero-order valence-corrected chi connectivity index (χ0v) is 36.5. The SMILES string of the molecule is Cc1ncsc1-c1ccc([C@H](C)NC(=O)[C@@H]2C[C@@H](O[Si](c3ccccc3)(c3ccccc3)C(C)(C)C)CN2C(=O)C(c2cc(N3CCC(O)CC3)no2)C(C)C)cc1. The van der Waals surface area contributed by atoms with E-state index in [9.17, 15) is 9.90 Å². The molecule has 2 aliphatic rings. The van der Waals surface area contributed by atoms with Crippen molar-refractivity contribution >= 4 is 47.7 Å². The van der Waals surface area contributed by atoms with Crippen molar-refractivity contribution in [2.75, 3.05) is 24.5 Å². The lowest BCUT2D eigenvalue weighted by molar-refractivity contribution is -0.141. The summed E-state index contributed by atoms with van der Waals surface area (Å²) in [5.41, 5.74) is 4.90. The van der Waals surface area contributed by atoms with Gasteiger partial charge in [0.1, 0.15) is 12.0 Å². The average Bonchev–Trinajstić information content (AvgIpc) is 3.98. The highest BCUT2D eigenvalue weighted by Crippen LogP contribution is 2.40. The Labute approximate surface area is 347 Å². The van der Waals surface area contributed by atoms with E-state index in [-0.39, 0.29) is 41.5 Å². The number of carbonyl (C=O) groups excluding carboxylic acids is 2. The molecule has 5 aromatic rings. The second kappa shape index (κ2) is 17.3. The number of piperidine rings is 1. The molecular formula is C46H57N5O5SSi. The molecule has 4 heterocycles. The minimum Gasteiger partial charge on any atom is -0.403 e. The third-order valence-electron chi connectivity index (χ3n) is 11.9. The maximum Gasteiger partial charge on any atom is 0.261 e. The third-order valence-corrected chi connectivity index (χ3v) is 18.0. The van der Waals surface area contributed by atoms with Gasteiger partial charge >= 0.3 is 0 Å². The van der Waals surface area contributed by atoms with Gasteiger partial charge in [0.25, 0.3) is 8.32 Å². The molecule has 10 nitrogen and oxygen atoms in total. The summed E-state index contributed by atoms with van der Waals surface area (Å²) in [5, 5.41) is 19.7. The van der Waals surface area contributed by atoms with Gasteiger partial charge in [0.2, 0.25) is 11.8 Å². The Balaban J connectivity index is 1.21. The van der Waals surface area contributed by atoms with Gasteiger partial charge in [-0.25, -0.2) is 4.98 Å². The standard InChI is InChI=1S/C46H57N5O5SSi/c1-30(2)42(40-27-41(49-55-40)50-24-22-35(52)23-25-50)45(54)51-28-36(56-58(46(5,6)7,37-14-10-8-11-15-37)38-16-12-9-13-17-38)26-39(51)44(53)48-31(3)33-18-20-34(21-19-33)43-32(4)47-29-57-43/h8-21,27,29-31,35-36,39,42,52H,22-26,28H2,1-7H3,(H,48,53)/t31-,36+,39-,42?/m0/s1. The van der Waals surface area contributed by atoms with Crippen LogP contribution in [0, 0.1) is 12.8 Å². The summed E-state index contributed by atoms with van der Waals surface area (Å²) >= 11 is 1.61. The maximum absolute atomic E-state index is 15.1. The number of amides is 2. The first kappa shape index (κ1) is 41.5. The average molecular weight is 820 g/mol. The highest BCUT2D eigenvalue weighted by molar-refractivity contribution is 7.13. The molecule has 2 aliphatic heterocycles. The number of likely N-dealkylation sites (tertiary alicyclic amines) is 1. The normalized spacial score (nSPS) is 19.1. The summed E-state index contributed by atoms with van der Waals surface area (Å²) in [7, 11) is -3.02. The molecule has 0 radical (unpaired) electrons. The van der Waals surface area contributed by atoms with E-state index in [2.05, 4.69) is 102 Å². The Morgan fingerprint density at radius 2 is 1.57 bits per heavy atom. The van der Waals surface area contributed by atoms with Crippen LogP contribution >= 0.6 is 11.3 Å². The van der Waals surface area contributed by atoms with Crippen LogP contribution in [0.3, 0.4) is 0 Å². The molecule has 0 spiro atoms. The van der Waals surface area contributed by atoms with Crippen molar-refractivity contribution in [2.24, 2.45) is 5.92 Å². The topological polar surface area (TPSA) is 121 Å². The second-order valence-corrected chi connectivity index (χ2v) is 22.4. The number of aromatic nitrogens is 2. The van der Waals surface area contributed by atoms with Crippen molar-refractivity contribution in [3.63, 3.8) is 0 Å². The lowest BCUT2D eigenvalue weighted by Crippen LogP contribution is -2.67. The molecule has 2 saturated heterocycles. The summed E-state index contributed by atoms with van der Waals surface area (Å²) in [6.45, 7) is 16.3. The summed E-state index contributed by atoms with van der Waals surface area (Å²) in [6, 6.07) is 30.0. The Hall–Kier alpha value is -4.62. The van der Waals surface area contributed by atoms with Crippen LogP contribution in [0.5, 0.6) is 0 Å².